The van der Waals surface area contributed by atoms with Gasteiger partial charge in [-0.1, -0.05) is 32.9 Å². The Morgan fingerprint density at radius 1 is 1.64 bits per heavy atom. The molecule has 2 nitrogen and oxygen atoms in total. The van der Waals surface area contributed by atoms with Gasteiger partial charge in [-0.05, 0) is 5.41 Å². The van der Waals surface area contributed by atoms with Crippen LogP contribution >= 0.6 is 0 Å². The van der Waals surface area contributed by atoms with Gasteiger partial charge in [0.05, 0.1) is 0 Å². The van der Waals surface area contributed by atoms with Crippen LogP contribution in [-0.4, -0.2) is 17.5 Å². The lowest BCUT2D eigenvalue weighted by Gasteiger charge is -2.22. The first-order valence-corrected chi connectivity index (χ1v) is 3.69. The molecule has 0 fully saturated rings. The van der Waals surface area contributed by atoms with Crippen molar-refractivity contribution >= 4 is 6.29 Å². The van der Waals surface area contributed by atoms with E-state index in [1.807, 2.05) is 20.8 Å². The van der Waals surface area contributed by atoms with Crippen LogP contribution in [0.5, 0.6) is 0 Å². The molecule has 64 valence electrons. The minimum absolute atomic E-state index is 0.0238. The van der Waals surface area contributed by atoms with E-state index in [9.17, 15) is 4.79 Å². The van der Waals surface area contributed by atoms with E-state index in [1.165, 1.54) is 0 Å². The average Bonchev–Trinajstić information content (AvgIpc) is 1.85. The van der Waals surface area contributed by atoms with E-state index in [0.717, 1.165) is 5.57 Å². The Morgan fingerprint density at radius 3 is 2.36 bits per heavy atom. The van der Waals surface area contributed by atoms with Crippen LogP contribution in [0.1, 0.15) is 27.2 Å². The van der Waals surface area contributed by atoms with Crippen LogP contribution in [0.3, 0.4) is 0 Å². The zero-order valence-electron chi connectivity index (χ0n) is 7.42. The van der Waals surface area contributed by atoms with Crippen LogP contribution in [0, 0.1) is 5.41 Å². The quantitative estimate of drug-likeness (QED) is 0.497. The first-order chi connectivity index (χ1) is 4.88. The Morgan fingerprint density at radius 2 is 2.09 bits per heavy atom. The summed E-state index contributed by atoms with van der Waals surface area (Å²) in [6, 6.07) is 0. The fourth-order valence-electron chi connectivity index (χ4n) is 0.607. The maximum absolute atomic E-state index is 10.1. The fourth-order valence-corrected chi connectivity index (χ4v) is 0.607. The predicted molar refractivity (Wildman–Crippen MR) is 45.3 cm³/mol. The summed E-state index contributed by atoms with van der Waals surface area (Å²) in [5, 5.41) is 8.96. The van der Waals surface area contributed by atoms with Gasteiger partial charge in [0.15, 0.2) is 0 Å². The molecule has 0 radical (unpaired) electrons. The maximum atomic E-state index is 10.1. The van der Waals surface area contributed by atoms with Crippen LogP contribution < -0.4 is 0 Å². The normalized spacial score (nSPS) is 14.2. The lowest BCUT2D eigenvalue weighted by atomic mass is 9.84. The molecule has 0 bridgehead atoms. The minimum Gasteiger partial charge on any atom is -0.385 e. The van der Waals surface area contributed by atoms with Gasteiger partial charge < -0.3 is 9.90 Å². The molecule has 0 aromatic rings. The summed E-state index contributed by atoms with van der Waals surface area (Å²) < 4.78 is 0. The largest absolute Gasteiger partial charge is 0.385 e. The third-order valence-electron chi connectivity index (χ3n) is 1.67. The number of rotatable bonds is 3. The second-order valence-electron chi connectivity index (χ2n) is 3.76. The third-order valence-corrected chi connectivity index (χ3v) is 1.67. The monoisotopic (exact) mass is 156 g/mol. The molecular weight excluding hydrogens is 140 g/mol. The van der Waals surface area contributed by atoms with Crippen molar-refractivity contribution in [3.05, 3.63) is 12.2 Å². The van der Waals surface area contributed by atoms with Gasteiger partial charge in [0.1, 0.15) is 12.4 Å². The first kappa shape index (κ1) is 10.4. The number of carbonyl (C=O) groups excluding carboxylic acids is 1. The highest BCUT2D eigenvalue weighted by molar-refractivity contribution is 5.56. The highest BCUT2D eigenvalue weighted by atomic mass is 16.3. The zero-order chi connectivity index (χ0) is 9.07. The Labute approximate surface area is 67.9 Å². The Bertz CT molecular complexity index is 153. The van der Waals surface area contributed by atoms with E-state index in [-0.39, 0.29) is 5.41 Å². The Hall–Kier alpha value is -0.630. The number of hydrogen-bond acceptors (Lipinski definition) is 2. The molecule has 0 rings (SSSR count). The highest BCUT2D eigenvalue weighted by Gasteiger charge is 2.17. The Kier molecular flexibility index (Phi) is 3.46. The number of aliphatic hydroxyl groups excluding tert-OH is 1. The van der Waals surface area contributed by atoms with Crippen molar-refractivity contribution < 1.29 is 9.90 Å². The van der Waals surface area contributed by atoms with Crippen LogP contribution in [0.15, 0.2) is 12.2 Å². The van der Waals surface area contributed by atoms with E-state index in [0.29, 0.717) is 12.7 Å². The van der Waals surface area contributed by atoms with Crippen molar-refractivity contribution in [2.45, 2.75) is 33.3 Å². The molecule has 0 aliphatic carbocycles. The molecule has 1 unspecified atom stereocenters. The summed E-state index contributed by atoms with van der Waals surface area (Å²) in [4.78, 5) is 10.1. The van der Waals surface area contributed by atoms with Gasteiger partial charge in [-0.2, -0.15) is 0 Å². The van der Waals surface area contributed by atoms with Crippen molar-refractivity contribution in [3.8, 4) is 0 Å². The van der Waals surface area contributed by atoms with Crippen molar-refractivity contribution in [2.24, 2.45) is 5.41 Å². The molecule has 0 aliphatic heterocycles. The zero-order valence-corrected chi connectivity index (χ0v) is 7.42. The fraction of sp³-hybridized carbons (Fsp3) is 0.667. The van der Waals surface area contributed by atoms with Crippen molar-refractivity contribution in [3.63, 3.8) is 0 Å². The third kappa shape index (κ3) is 3.94. The molecule has 0 aliphatic rings. The predicted octanol–water partition coefficient (Wildman–Crippen LogP) is 1.54. The van der Waals surface area contributed by atoms with Gasteiger partial charge in [-0.25, -0.2) is 0 Å². The van der Waals surface area contributed by atoms with E-state index in [2.05, 4.69) is 6.58 Å². The van der Waals surface area contributed by atoms with Gasteiger partial charge in [0.2, 0.25) is 0 Å². The van der Waals surface area contributed by atoms with Crippen molar-refractivity contribution in [1.29, 1.82) is 0 Å². The van der Waals surface area contributed by atoms with Crippen molar-refractivity contribution in [2.75, 3.05) is 0 Å². The van der Waals surface area contributed by atoms with Gasteiger partial charge in [-0.15, -0.1) is 0 Å². The van der Waals surface area contributed by atoms with Gasteiger partial charge >= 0.3 is 0 Å². The topological polar surface area (TPSA) is 37.3 Å². The minimum atomic E-state index is -0.887. The molecule has 11 heavy (non-hydrogen) atoms. The van der Waals surface area contributed by atoms with Crippen LogP contribution in [-0.2, 0) is 4.79 Å². The molecule has 0 aromatic heterocycles. The molecule has 2 heteroatoms. The summed E-state index contributed by atoms with van der Waals surface area (Å²) in [6.45, 7) is 9.82. The lowest BCUT2D eigenvalue weighted by Crippen LogP contribution is -2.16. The van der Waals surface area contributed by atoms with Crippen LogP contribution in [0.25, 0.3) is 0 Å². The first-order valence-electron chi connectivity index (χ1n) is 3.69. The van der Waals surface area contributed by atoms with Crippen LogP contribution in [0.4, 0.5) is 0 Å². The van der Waals surface area contributed by atoms with E-state index >= 15 is 0 Å². The summed E-state index contributed by atoms with van der Waals surface area (Å²) in [5.41, 5.74) is 0.876. The number of aliphatic hydroxyl groups is 1. The van der Waals surface area contributed by atoms with Gasteiger partial charge in [-0.3, -0.25) is 0 Å². The van der Waals surface area contributed by atoms with Crippen LogP contribution in [0.2, 0.25) is 0 Å². The molecule has 0 amide bonds. The second kappa shape index (κ2) is 3.67. The molecule has 0 spiro atoms. The molecule has 0 saturated heterocycles. The molecule has 0 heterocycles. The average molecular weight is 156 g/mol. The number of aldehydes is 1. The molecular formula is C9H16O2. The van der Waals surface area contributed by atoms with Crippen molar-refractivity contribution in [1.82, 2.24) is 0 Å². The summed E-state index contributed by atoms with van der Waals surface area (Å²) in [6.07, 6.45) is 0.0194. The second-order valence-corrected chi connectivity index (χ2v) is 3.76. The standard InChI is InChI=1S/C9H16O2/c1-7(9(2,3)4)5-8(11)6-10/h6,8,11H,1,5H2,2-4H3. The highest BCUT2D eigenvalue weighted by Crippen LogP contribution is 2.26. The van der Waals surface area contributed by atoms with E-state index in [1.54, 1.807) is 0 Å². The molecule has 0 saturated carbocycles. The smallest absolute Gasteiger partial charge is 0.148 e. The maximum Gasteiger partial charge on any atom is 0.148 e. The van der Waals surface area contributed by atoms with E-state index < -0.39 is 6.10 Å². The lowest BCUT2D eigenvalue weighted by molar-refractivity contribution is -0.114. The van der Waals surface area contributed by atoms with E-state index in [4.69, 9.17) is 5.11 Å². The molecule has 0 aromatic carbocycles. The van der Waals surface area contributed by atoms with Gasteiger partial charge in [0, 0.05) is 6.42 Å². The van der Waals surface area contributed by atoms with Gasteiger partial charge in [0.25, 0.3) is 0 Å². The molecule has 1 N–H and O–H groups in total. The molecule has 1 atom stereocenters. The number of hydrogen-bond donors (Lipinski definition) is 1. The number of carbonyl (C=O) groups is 1. The summed E-state index contributed by atoms with van der Waals surface area (Å²) in [7, 11) is 0. The SMILES string of the molecule is C=C(CC(O)C=O)C(C)(C)C. The summed E-state index contributed by atoms with van der Waals surface area (Å²) in [5.74, 6) is 0. The summed E-state index contributed by atoms with van der Waals surface area (Å²) >= 11 is 0. The Balaban J connectivity index is 3.98.